The summed E-state index contributed by atoms with van der Waals surface area (Å²) < 4.78 is 9.71. The predicted molar refractivity (Wildman–Crippen MR) is 94.4 cm³/mol. The van der Waals surface area contributed by atoms with Gasteiger partial charge in [0.1, 0.15) is 13.1 Å². The van der Waals surface area contributed by atoms with Crippen LogP contribution < -0.4 is 10.6 Å². The summed E-state index contributed by atoms with van der Waals surface area (Å²) in [7, 11) is 3.68. The van der Waals surface area contributed by atoms with E-state index >= 15 is 0 Å². The monoisotopic (exact) mass is 400 g/mol. The molecule has 0 aromatic rings. The molecule has 0 aromatic carbocycles. The highest BCUT2D eigenvalue weighted by Gasteiger charge is 2.40. The van der Waals surface area contributed by atoms with Crippen LogP contribution in [-0.4, -0.2) is 105 Å². The Morgan fingerprint density at radius 2 is 1.00 bits per heavy atom. The van der Waals surface area contributed by atoms with Gasteiger partial charge in [0.05, 0.1) is 27.3 Å². The van der Waals surface area contributed by atoms with Gasteiger partial charge in [0.25, 0.3) is 23.6 Å². The standard InChI is InChI=1S/C12H18N4O4.C5H8O3/c1-15(5-9(17)13-10(18)6-15)3-4-16(2)7-11(19)14-12(20)8-16;6-5-7-3-1-2-4-8-5/h3-8H2,1-2H3;1-4H2/p+2. The van der Waals surface area contributed by atoms with Crippen LogP contribution in [0.1, 0.15) is 12.8 Å². The molecule has 3 aliphatic heterocycles. The number of imide groups is 2. The number of quaternary nitrogens is 2. The van der Waals surface area contributed by atoms with Gasteiger partial charge in [0.2, 0.25) is 0 Å². The van der Waals surface area contributed by atoms with Crippen molar-refractivity contribution in [3.8, 4) is 0 Å². The number of carbonyl (C=O) groups is 5. The van der Waals surface area contributed by atoms with Gasteiger partial charge < -0.3 is 18.4 Å². The molecule has 3 saturated heterocycles. The number of carbonyl (C=O) groups excluding carboxylic acids is 5. The lowest BCUT2D eigenvalue weighted by Crippen LogP contribution is -2.67. The number of amides is 4. The molecule has 0 bridgehead atoms. The Morgan fingerprint density at radius 1 is 0.679 bits per heavy atom. The van der Waals surface area contributed by atoms with Crippen LogP contribution in [-0.2, 0) is 28.7 Å². The Kier molecular flexibility index (Phi) is 7.08. The molecule has 2 N–H and O–H groups in total. The molecule has 156 valence electrons. The molecule has 0 unspecified atom stereocenters. The third-order valence-electron chi connectivity index (χ3n) is 4.82. The first-order valence-electron chi connectivity index (χ1n) is 9.21. The van der Waals surface area contributed by atoms with E-state index < -0.39 is 6.16 Å². The van der Waals surface area contributed by atoms with Crippen molar-refractivity contribution in [3.05, 3.63) is 0 Å². The van der Waals surface area contributed by atoms with Crippen molar-refractivity contribution in [2.75, 3.05) is 66.6 Å². The van der Waals surface area contributed by atoms with E-state index in [0.717, 1.165) is 12.8 Å². The fourth-order valence-electron chi connectivity index (χ4n) is 3.32. The Balaban J connectivity index is 0.000000292. The Morgan fingerprint density at radius 3 is 1.32 bits per heavy atom. The van der Waals surface area contributed by atoms with Crippen molar-refractivity contribution in [3.63, 3.8) is 0 Å². The molecule has 11 heteroatoms. The number of ether oxygens (including phenoxy) is 2. The van der Waals surface area contributed by atoms with Crippen LogP contribution in [0, 0.1) is 0 Å². The van der Waals surface area contributed by atoms with Crippen LogP contribution in [0.15, 0.2) is 0 Å². The quantitative estimate of drug-likeness (QED) is 0.323. The number of cyclic esters (lactones) is 2. The SMILES string of the molecule is C[N+]1(CC[N+]2(C)CC(=O)NC(=O)C2)CC(=O)NC(=O)C1.O=C1OCCCCO1. The molecular weight excluding hydrogens is 372 g/mol. The number of nitrogens with zero attached hydrogens (tertiary/aromatic N) is 2. The predicted octanol–water partition coefficient (Wildman–Crippen LogP) is -1.87. The summed E-state index contributed by atoms with van der Waals surface area (Å²) in [5.74, 6) is -1.12. The van der Waals surface area contributed by atoms with Gasteiger partial charge >= 0.3 is 6.16 Å². The highest BCUT2D eigenvalue weighted by atomic mass is 16.7. The summed E-state index contributed by atoms with van der Waals surface area (Å²) in [6.45, 7) is 3.12. The topological polar surface area (TPSA) is 128 Å². The van der Waals surface area contributed by atoms with Gasteiger partial charge in [0.15, 0.2) is 26.2 Å². The summed E-state index contributed by atoms with van der Waals surface area (Å²) in [6, 6.07) is 0. The van der Waals surface area contributed by atoms with Crippen LogP contribution in [0.4, 0.5) is 4.79 Å². The van der Waals surface area contributed by atoms with Crippen molar-refractivity contribution >= 4 is 29.8 Å². The van der Waals surface area contributed by atoms with E-state index in [4.69, 9.17) is 0 Å². The summed E-state index contributed by atoms with van der Waals surface area (Å²) in [5, 5.41) is 4.56. The minimum absolute atomic E-state index is 0.242. The smallest absolute Gasteiger partial charge is 0.434 e. The third kappa shape index (κ3) is 6.89. The fraction of sp³-hybridized carbons (Fsp3) is 0.706. The summed E-state index contributed by atoms with van der Waals surface area (Å²) in [4.78, 5) is 56.1. The summed E-state index contributed by atoms with van der Waals surface area (Å²) in [6.07, 6.45) is 1.32. The zero-order chi connectivity index (χ0) is 20.8. The van der Waals surface area contributed by atoms with E-state index in [-0.39, 0.29) is 49.8 Å². The third-order valence-corrected chi connectivity index (χ3v) is 4.82. The van der Waals surface area contributed by atoms with E-state index in [1.807, 2.05) is 14.1 Å². The van der Waals surface area contributed by atoms with Crippen LogP contribution in [0.2, 0.25) is 0 Å². The van der Waals surface area contributed by atoms with Crippen molar-refractivity contribution in [1.29, 1.82) is 0 Å². The van der Waals surface area contributed by atoms with Crippen LogP contribution in [0.3, 0.4) is 0 Å². The molecule has 0 saturated carbocycles. The fourth-order valence-corrected chi connectivity index (χ4v) is 3.32. The van der Waals surface area contributed by atoms with Crippen molar-refractivity contribution in [1.82, 2.24) is 10.6 Å². The van der Waals surface area contributed by atoms with Gasteiger partial charge in [-0.15, -0.1) is 0 Å². The minimum Gasteiger partial charge on any atom is -0.434 e. The molecule has 3 aliphatic rings. The number of piperazine rings is 2. The van der Waals surface area contributed by atoms with Gasteiger partial charge in [-0.2, -0.15) is 0 Å². The second-order valence-electron chi connectivity index (χ2n) is 7.92. The van der Waals surface area contributed by atoms with Crippen molar-refractivity contribution in [2.45, 2.75) is 12.8 Å². The van der Waals surface area contributed by atoms with Gasteiger partial charge in [0, 0.05) is 0 Å². The molecule has 11 nitrogen and oxygen atoms in total. The molecule has 0 atom stereocenters. The van der Waals surface area contributed by atoms with E-state index in [2.05, 4.69) is 20.1 Å². The number of hydrogen-bond donors (Lipinski definition) is 2. The van der Waals surface area contributed by atoms with E-state index in [0.29, 0.717) is 35.3 Å². The number of hydrogen-bond acceptors (Lipinski definition) is 7. The molecule has 3 rings (SSSR count). The first kappa shape index (κ1) is 21.8. The normalized spacial score (nSPS) is 23.9. The van der Waals surface area contributed by atoms with Gasteiger partial charge in [-0.3, -0.25) is 29.8 Å². The molecule has 0 aromatic heterocycles. The lowest BCUT2D eigenvalue weighted by atomic mass is 10.2. The second kappa shape index (κ2) is 9.11. The summed E-state index contributed by atoms with van der Waals surface area (Å²) in [5.41, 5.74) is 0. The highest BCUT2D eigenvalue weighted by molar-refractivity contribution is 5.98. The first-order chi connectivity index (χ1) is 13.1. The van der Waals surface area contributed by atoms with Crippen molar-refractivity contribution < 1.29 is 42.4 Å². The number of rotatable bonds is 3. The van der Waals surface area contributed by atoms with E-state index in [9.17, 15) is 24.0 Å². The van der Waals surface area contributed by atoms with Crippen LogP contribution in [0.5, 0.6) is 0 Å². The zero-order valence-corrected chi connectivity index (χ0v) is 16.3. The lowest BCUT2D eigenvalue weighted by molar-refractivity contribution is -0.951. The van der Waals surface area contributed by atoms with Crippen molar-refractivity contribution in [2.24, 2.45) is 0 Å². The molecule has 0 radical (unpaired) electrons. The molecule has 4 amide bonds. The molecule has 0 spiro atoms. The average molecular weight is 400 g/mol. The first-order valence-corrected chi connectivity index (χ1v) is 9.21. The van der Waals surface area contributed by atoms with E-state index in [1.54, 1.807) is 0 Å². The molecule has 0 aliphatic carbocycles. The maximum Gasteiger partial charge on any atom is 0.508 e. The number of likely N-dealkylation sites (N-methyl/N-ethyl adjacent to an activating group) is 2. The average Bonchev–Trinajstić information content (AvgIpc) is 2.79. The minimum atomic E-state index is -0.525. The number of nitrogens with one attached hydrogen (secondary N) is 2. The zero-order valence-electron chi connectivity index (χ0n) is 16.3. The van der Waals surface area contributed by atoms with Gasteiger partial charge in [-0.05, 0) is 12.8 Å². The van der Waals surface area contributed by atoms with Gasteiger partial charge in [-0.1, -0.05) is 0 Å². The Labute approximate surface area is 163 Å². The lowest BCUT2D eigenvalue weighted by Gasteiger charge is -2.41. The summed E-state index contributed by atoms with van der Waals surface area (Å²) >= 11 is 0. The highest BCUT2D eigenvalue weighted by Crippen LogP contribution is 2.11. The van der Waals surface area contributed by atoms with Gasteiger partial charge in [-0.25, -0.2) is 4.79 Å². The maximum atomic E-state index is 11.5. The molecule has 28 heavy (non-hydrogen) atoms. The Hall–Kier alpha value is -2.53. The second-order valence-corrected chi connectivity index (χ2v) is 7.92. The van der Waals surface area contributed by atoms with E-state index in [1.165, 1.54) is 0 Å². The Bertz CT molecular complexity index is 578. The van der Waals surface area contributed by atoms with Crippen LogP contribution >= 0.6 is 0 Å². The maximum absolute atomic E-state index is 11.5. The largest absolute Gasteiger partial charge is 0.508 e. The molecule has 3 heterocycles. The van der Waals surface area contributed by atoms with Crippen LogP contribution in [0.25, 0.3) is 0 Å². The molecular formula is C17H28N4O7+2. The molecule has 3 fully saturated rings.